The minimum Gasteiger partial charge on any atom is -0.490 e. The zero-order valence-corrected chi connectivity index (χ0v) is 11.8. The maximum atomic E-state index is 10.9. The Morgan fingerprint density at radius 2 is 2.11 bits per heavy atom. The molecule has 0 saturated heterocycles. The molecule has 3 nitrogen and oxygen atoms in total. The number of hydrogen-bond donors (Lipinski definition) is 1. The van der Waals surface area contributed by atoms with Crippen molar-refractivity contribution in [3.05, 3.63) is 29.8 Å². The Labute approximate surface area is 114 Å². The molecule has 1 fully saturated rings. The van der Waals surface area contributed by atoms with Crippen molar-refractivity contribution in [2.75, 3.05) is 0 Å². The Kier molecular flexibility index (Phi) is 3.83. The Balaban J connectivity index is 2.08. The number of hydrogen-bond acceptors (Lipinski definition) is 2. The summed E-state index contributed by atoms with van der Waals surface area (Å²) in [4.78, 5) is 10.9. The molecule has 0 radical (unpaired) electrons. The maximum absolute atomic E-state index is 10.9. The lowest BCUT2D eigenvalue weighted by atomic mass is 9.71. The van der Waals surface area contributed by atoms with Crippen LogP contribution >= 0.6 is 0 Å². The maximum Gasteiger partial charge on any atom is 0.335 e. The molecule has 0 bridgehead atoms. The van der Waals surface area contributed by atoms with Crippen molar-refractivity contribution in [2.24, 2.45) is 11.3 Å². The fourth-order valence-corrected chi connectivity index (χ4v) is 3.24. The molecule has 0 aromatic heterocycles. The van der Waals surface area contributed by atoms with Crippen molar-refractivity contribution in [1.82, 2.24) is 0 Å². The monoisotopic (exact) mass is 262 g/mol. The molecule has 1 aliphatic rings. The van der Waals surface area contributed by atoms with E-state index in [9.17, 15) is 4.79 Å². The first-order valence-electron chi connectivity index (χ1n) is 6.86. The van der Waals surface area contributed by atoms with Crippen molar-refractivity contribution in [2.45, 2.75) is 46.1 Å². The van der Waals surface area contributed by atoms with E-state index >= 15 is 0 Å². The SMILES string of the molecule is CC1CC(Oc2cccc(C(=O)O)c2)CC(C)(C)C1. The predicted octanol–water partition coefficient (Wildman–Crippen LogP) is 3.98. The third kappa shape index (κ3) is 3.72. The van der Waals surface area contributed by atoms with Crippen molar-refractivity contribution < 1.29 is 14.6 Å². The summed E-state index contributed by atoms with van der Waals surface area (Å²) in [6.07, 6.45) is 3.47. The van der Waals surface area contributed by atoms with Crippen molar-refractivity contribution >= 4 is 5.97 Å². The highest BCUT2D eigenvalue weighted by Crippen LogP contribution is 2.39. The molecule has 2 atom stereocenters. The molecule has 104 valence electrons. The molecule has 0 heterocycles. The predicted molar refractivity (Wildman–Crippen MR) is 74.6 cm³/mol. The largest absolute Gasteiger partial charge is 0.490 e. The third-order valence-electron chi connectivity index (χ3n) is 3.73. The molecule has 1 aromatic rings. The van der Waals surface area contributed by atoms with Crippen LogP contribution in [-0.2, 0) is 0 Å². The van der Waals surface area contributed by atoms with Crippen molar-refractivity contribution in [1.29, 1.82) is 0 Å². The molecule has 2 rings (SSSR count). The smallest absolute Gasteiger partial charge is 0.335 e. The lowest BCUT2D eigenvalue weighted by molar-refractivity contribution is 0.0557. The van der Waals surface area contributed by atoms with E-state index in [0.29, 0.717) is 17.1 Å². The van der Waals surface area contributed by atoms with Crippen LogP contribution in [0, 0.1) is 11.3 Å². The van der Waals surface area contributed by atoms with E-state index in [-0.39, 0.29) is 11.7 Å². The average molecular weight is 262 g/mol. The molecule has 1 N–H and O–H groups in total. The van der Waals surface area contributed by atoms with Crippen LogP contribution < -0.4 is 4.74 Å². The van der Waals surface area contributed by atoms with Gasteiger partial charge in [0.25, 0.3) is 0 Å². The van der Waals surface area contributed by atoms with Gasteiger partial charge in [-0.3, -0.25) is 0 Å². The highest BCUT2D eigenvalue weighted by Gasteiger charge is 2.33. The summed E-state index contributed by atoms with van der Waals surface area (Å²) in [5.41, 5.74) is 0.577. The Morgan fingerprint density at radius 3 is 2.74 bits per heavy atom. The normalized spacial score (nSPS) is 25.8. The van der Waals surface area contributed by atoms with Gasteiger partial charge in [0.05, 0.1) is 11.7 Å². The van der Waals surface area contributed by atoms with Gasteiger partial charge in [-0.1, -0.05) is 26.8 Å². The van der Waals surface area contributed by atoms with Crippen LogP contribution in [0.3, 0.4) is 0 Å². The minimum atomic E-state index is -0.914. The van der Waals surface area contributed by atoms with Crippen LogP contribution in [0.25, 0.3) is 0 Å². The van der Waals surface area contributed by atoms with Gasteiger partial charge in [-0.2, -0.15) is 0 Å². The van der Waals surface area contributed by atoms with Gasteiger partial charge in [-0.05, 0) is 48.8 Å². The van der Waals surface area contributed by atoms with Crippen LogP contribution in [0.5, 0.6) is 5.75 Å². The van der Waals surface area contributed by atoms with Gasteiger partial charge in [0.15, 0.2) is 0 Å². The molecule has 1 aliphatic carbocycles. The van der Waals surface area contributed by atoms with Crippen LogP contribution in [0.15, 0.2) is 24.3 Å². The van der Waals surface area contributed by atoms with Gasteiger partial charge in [-0.25, -0.2) is 4.79 Å². The van der Waals surface area contributed by atoms with Gasteiger partial charge in [0.1, 0.15) is 5.75 Å². The Bertz CT molecular complexity index is 465. The molecular weight excluding hydrogens is 240 g/mol. The first-order chi connectivity index (χ1) is 8.85. The van der Waals surface area contributed by atoms with Crippen LogP contribution in [0.1, 0.15) is 50.4 Å². The fourth-order valence-electron chi connectivity index (χ4n) is 3.24. The quantitative estimate of drug-likeness (QED) is 0.896. The van der Waals surface area contributed by atoms with E-state index < -0.39 is 5.97 Å². The number of ether oxygens (including phenoxy) is 1. The number of carboxylic acids is 1. The van der Waals surface area contributed by atoms with E-state index in [1.165, 1.54) is 6.42 Å². The topological polar surface area (TPSA) is 46.5 Å². The molecule has 3 heteroatoms. The molecule has 0 aliphatic heterocycles. The number of carboxylic acid groups (broad SMARTS) is 1. The van der Waals surface area contributed by atoms with Gasteiger partial charge in [0, 0.05) is 0 Å². The van der Waals surface area contributed by atoms with E-state index in [1.807, 2.05) is 6.07 Å². The fraction of sp³-hybridized carbons (Fsp3) is 0.562. The van der Waals surface area contributed by atoms with E-state index in [0.717, 1.165) is 12.8 Å². The molecule has 19 heavy (non-hydrogen) atoms. The Hall–Kier alpha value is -1.51. The summed E-state index contributed by atoms with van der Waals surface area (Å²) in [5, 5.41) is 8.98. The van der Waals surface area contributed by atoms with Crippen LogP contribution in [0.4, 0.5) is 0 Å². The standard InChI is InChI=1S/C16H22O3/c1-11-7-14(10-16(2,3)9-11)19-13-6-4-5-12(8-13)15(17)18/h4-6,8,11,14H,7,9-10H2,1-3H3,(H,17,18). The second-order valence-corrected chi connectivity index (χ2v) is 6.49. The van der Waals surface area contributed by atoms with Gasteiger partial charge in [-0.15, -0.1) is 0 Å². The summed E-state index contributed by atoms with van der Waals surface area (Å²) >= 11 is 0. The second-order valence-electron chi connectivity index (χ2n) is 6.49. The van der Waals surface area contributed by atoms with Crippen LogP contribution in [-0.4, -0.2) is 17.2 Å². The van der Waals surface area contributed by atoms with Gasteiger partial charge < -0.3 is 9.84 Å². The zero-order valence-electron chi connectivity index (χ0n) is 11.8. The molecule has 1 aromatic carbocycles. The molecule has 1 saturated carbocycles. The molecule has 0 spiro atoms. The summed E-state index contributed by atoms with van der Waals surface area (Å²) in [5.74, 6) is 0.397. The zero-order chi connectivity index (χ0) is 14.0. The van der Waals surface area contributed by atoms with Crippen LogP contribution in [0.2, 0.25) is 0 Å². The van der Waals surface area contributed by atoms with Gasteiger partial charge >= 0.3 is 5.97 Å². The second kappa shape index (κ2) is 5.24. The molecule has 2 unspecified atom stereocenters. The van der Waals surface area contributed by atoms with Crippen molar-refractivity contribution in [3.63, 3.8) is 0 Å². The summed E-state index contributed by atoms with van der Waals surface area (Å²) in [7, 11) is 0. The summed E-state index contributed by atoms with van der Waals surface area (Å²) < 4.78 is 5.99. The number of benzene rings is 1. The lowest BCUT2D eigenvalue weighted by Gasteiger charge is -2.38. The van der Waals surface area contributed by atoms with E-state index in [1.54, 1.807) is 18.2 Å². The number of carbonyl (C=O) groups is 1. The first kappa shape index (κ1) is 13.9. The summed E-state index contributed by atoms with van der Waals surface area (Å²) in [6, 6.07) is 6.76. The summed E-state index contributed by atoms with van der Waals surface area (Å²) in [6.45, 7) is 6.80. The third-order valence-corrected chi connectivity index (χ3v) is 3.73. The van der Waals surface area contributed by atoms with Crippen molar-refractivity contribution in [3.8, 4) is 5.75 Å². The van der Waals surface area contributed by atoms with E-state index in [2.05, 4.69) is 20.8 Å². The lowest BCUT2D eigenvalue weighted by Crippen LogP contribution is -2.34. The highest BCUT2D eigenvalue weighted by atomic mass is 16.5. The Morgan fingerprint density at radius 1 is 1.37 bits per heavy atom. The average Bonchev–Trinajstić information content (AvgIpc) is 2.26. The van der Waals surface area contributed by atoms with Gasteiger partial charge in [0.2, 0.25) is 0 Å². The highest BCUT2D eigenvalue weighted by molar-refractivity contribution is 5.87. The minimum absolute atomic E-state index is 0.183. The molecular formula is C16H22O3. The number of aromatic carboxylic acids is 1. The van der Waals surface area contributed by atoms with E-state index in [4.69, 9.17) is 9.84 Å². The first-order valence-corrected chi connectivity index (χ1v) is 6.86. The molecule has 0 amide bonds. The number of rotatable bonds is 3.